The van der Waals surface area contributed by atoms with Crippen molar-refractivity contribution in [1.29, 1.82) is 0 Å². The van der Waals surface area contributed by atoms with Gasteiger partial charge in [0, 0.05) is 21.8 Å². The first kappa shape index (κ1) is 22.0. The Kier molecular flexibility index (Phi) is 5.49. The van der Waals surface area contributed by atoms with Gasteiger partial charge in [0.15, 0.2) is 11.6 Å². The van der Waals surface area contributed by atoms with E-state index in [2.05, 4.69) is 15.9 Å². The van der Waals surface area contributed by atoms with Gasteiger partial charge in [-0.15, -0.1) is 0 Å². The summed E-state index contributed by atoms with van der Waals surface area (Å²) in [7, 11) is 0. The van der Waals surface area contributed by atoms with Gasteiger partial charge in [-0.25, -0.2) is 8.78 Å². The Balaban J connectivity index is 1.81. The molecule has 4 aromatic rings. The first-order chi connectivity index (χ1) is 16.4. The molecule has 0 saturated carbocycles. The average molecular weight is 520 g/mol. The number of rotatable bonds is 3. The number of aliphatic hydroxyl groups is 1. The van der Waals surface area contributed by atoms with E-state index in [0.29, 0.717) is 11.1 Å². The topological polar surface area (TPSA) is 57.6 Å². The van der Waals surface area contributed by atoms with Crippen LogP contribution in [0, 0.1) is 11.6 Å². The molecule has 1 aliphatic heterocycles. The summed E-state index contributed by atoms with van der Waals surface area (Å²) in [4.78, 5) is 27.6. The maximum absolute atomic E-state index is 14.1. The lowest BCUT2D eigenvalue weighted by molar-refractivity contribution is -0.132. The molecule has 168 valence electrons. The lowest BCUT2D eigenvalue weighted by Crippen LogP contribution is -2.29. The van der Waals surface area contributed by atoms with Crippen molar-refractivity contribution in [2.75, 3.05) is 4.90 Å². The SMILES string of the molecule is O=C1C(=O)N(c2ccc(F)c(F)c2)C(c2cccc3ccccc23)/C1=C(/O)c1ccc(Br)cc1. The number of hydrogen-bond acceptors (Lipinski definition) is 3. The molecule has 4 nitrogen and oxygen atoms in total. The van der Waals surface area contributed by atoms with Crippen molar-refractivity contribution in [3.8, 4) is 0 Å². The van der Waals surface area contributed by atoms with Gasteiger partial charge in [-0.3, -0.25) is 14.5 Å². The number of carbonyl (C=O) groups excluding carboxylic acids is 2. The molecule has 5 rings (SSSR count). The Morgan fingerprint density at radius 1 is 0.853 bits per heavy atom. The predicted molar refractivity (Wildman–Crippen MR) is 129 cm³/mol. The molecule has 0 radical (unpaired) electrons. The van der Waals surface area contributed by atoms with Gasteiger partial charge < -0.3 is 5.11 Å². The summed E-state index contributed by atoms with van der Waals surface area (Å²) < 4.78 is 28.6. The van der Waals surface area contributed by atoms with E-state index in [-0.39, 0.29) is 17.0 Å². The Labute approximate surface area is 201 Å². The zero-order valence-electron chi connectivity index (χ0n) is 17.5. The predicted octanol–water partition coefficient (Wildman–Crippen LogP) is 6.51. The molecule has 4 aromatic carbocycles. The smallest absolute Gasteiger partial charge is 0.300 e. The van der Waals surface area contributed by atoms with Gasteiger partial charge in [0.25, 0.3) is 11.7 Å². The third-order valence-corrected chi connectivity index (χ3v) is 6.39. The molecule has 1 unspecified atom stereocenters. The Hall–Kier alpha value is -3.84. The molecule has 1 N–H and O–H groups in total. The number of anilines is 1. The van der Waals surface area contributed by atoms with Gasteiger partial charge in [0.05, 0.1) is 11.6 Å². The van der Waals surface area contributed by atoms with Crippen molar-refractivity contribution in [3.05, 3.63) is 118 Å². The summed E-state index contributed by atoms with van der Waals surface area (Å²) in [6.45, 7) is 0. The maximum atomic E-state index is 14.1. The van der Waals surface area contributed by atoms with Crippen molar-refractivity contribution < 1.29 is 23.5 Å². The van der Waals surface area contributed by atoms with Gasteiger partial charge in [0.1, 0.15) is 5.76 Å². The van der Waals surface area contributed by atoms with E-state index >= 15 is 0 Å². The van der Waals surface area contributed by atoms with Crippen molar-refractivity contribution in [2.45, 2.75) is 6.04 Å². The number of hydrogen-bond donors (Lipinski definition) is 1. The van der Waals surface area contributed by atoms with Crippen LogP contribution in [0.2, 0.25) is 0 Å². The van der Waals surface area contributed by atoms with E-state index in [0.717, 1.165) is 32.3 Å². The van der Waals surface area contributed by atoms with Crippen molar-refractivity contribution in [2.24, 2.45) is 0 Å². The van der Waals surface area contributed by atoms with E-state index in [4.69, 9.17) is 0 Å². The lowest BCUT2D eigenvalue weighted by Gasteiger charge is -2.26. The summed E-state index contributed by atoms with van der Waals surface area (Å²) in [6, 6.07) is 21.4. The number of amides is 1. The molecule has 7 heteroatoms. The lowest BCUT2D eigenvalue weighted by atomic mass is 9.91. The van der Waals surface area contributed by atoms with E-state index in [1.54, 1.807) is 36.4 Å². The number of ketones is 1. The van der Waals surface area contributed by atoms with E-state index < -0.39 is 29.4 Å². The summed E-state index contributed by atoms with van der Waals surface area (Å²) in [5.74, 6) is -4.43. The summed E-state index contributed by atoms with van der Waals surface area (Å²) in [5, 5.41) is 12.8. The first-order valence-electron chi connectivity index (χ1n) is 10.4. The number of halogens is 3. The molecule has 0 aromatic heterocycles. The van der Waals surface area contributed by atoms with Crippen LogP contribution in [-0.4, -0.2) is 16.8 Å². The van der Waals surface area contributed by atoms with Crippen LogP contribution < -0.4 is 4.90 Å². The first-order valence-corrected chi connectivity index (χ1v) is 11.2. The van der Waals surface area contributed by atoms with Crippen LogP contribution in [0.3, 0.4) is 0 Å². The minimum absolute atomic E-state index is 0.00814. The third kappa shape index (κ3) is 3.58. The van der Waals surface area contributed by atoms with Gasteiger partial charge in [-0.2, -0.15) is 0 Å². The number of Topliss-reactive ketones (excluding diaryl/α,β-unsaturated/α-hetero) is 1. The fourth-order valence-corrected chi connectivity index (χ4v) is 4.54. The highest BCUT2D eigenvalue weighted by molar-refractivity contribution is 9.10. The van der Waals surface area contributed by atoms with Crippen molar-refractivity contribution >= 4 is 49.8 Å². The largest absolute Gasteiger partial charge is 0.507 e. The fraction of sp³-hybridized carbons (Fsp3) is 0.0370. The molecule has 0 bridgehead atoms. The average Bonchev–Trinajstić information content (AvgIpc) is 3.10. The molecule has 1 fully saturated rings. The Bertz CT molecular complexity index is 1490. The molecule has 0 spiro atoms. The molecule has 1 atom stereocenters. The number of nitrogens with zero attached hydrogens (tertiary/aromatic N) is 1. The fourth-order valence-electron chi connectivity index (χ4n) is 4.28. The highest BCUT2D eigenvalue weighted by Crippen LogP contribution is 2.44. The molecule has 1 heterocycles. The van der Waals surface area contributed by atoms with Crippen LogP contribution in [0.5, 0.6) is 0 Å². The number of benzene rings is 4. The second-order valence-electron chi connectivity index (χ2n) is 7.84. The van der Waals surface area contributed by atoms with Crippen LogP contribution in [0.15, 0.2) is 95.0 Å². The molecule has 1 amide bonds. The molecule has 34 heavy (non-hydrogen) atoms. The van der Waals surface area contributed by atoms with Gasteiger partial charge in [0.2, 0.25) is 0 Å². The Morgan fingerprint density at radius 3 is 2.29 bits per heavy atom. The van der Waals surface area contributed by atoms with E-state index in [9.17, 15) is 23.5 Å². The molecule has 1 aliphatic rings. The minimum Gasteiger partial charge on any atom is -0.507 e. The third-order valence-electron chi connectivity index (χ3n) is 5.86. The number of fused-ring (bicyclic) bond motifs is 1. The van der Waals surface area contributed by atoms with Crippen LogP contribution in [0.1, 0.15) is 17.2 Å². The zero-order valence-corrected chi connectivity index (χ0v) is 19.1. The van der Waals surface area contributed by atoms with Crippen LogP contribution >= 0.6 is 15.9 Å². The summed E-state index contributed by atoms with van der Waals surface area (Å²) in [5.41, 5.74) is 0.791. The van der Waals surface area contributed by atoms with E-state index in [1.807, 2.05) is 30.3 Å². The summed E-state index contributed by atoms with van der Waals surface area (Å²) in [6.07, 6.45) is 0. The second kappa shape index (κ2) is 8.50. The highest BCUT2D eigenvalue weighted by Gasteiger charge is 2.47. The number of aliphatic hydroxyl groups excluding tert-OH is 1. The quantitative estimate of drug-likeness (QED) is 0.191. The molecular formula is C27H16BrF2NO3. The summed E-state index contributed by atoms with van der Waals surface area (Å²) >= 11 is 3.33. The molecular weight excluding hydrogens is 504 g/mol. The minimum atomic E-state index is -1.15. The van der Waals surface area contributed by atoms with Crippen LogP contribution in [0.25, 0.3) is 16.5 Å². The maximum Gasteiger partial charge on any atom is 0.300 e. The molecule has 0 aliphatic carbocycles. The standard InChI is InChI=1S/C27H16BrF2NO3/c28-17-10-8-16(9-11-17)25(32)23-24(20-7-3-5-15-4-1-2-6-19(15)20)31(27(34)26(23)33)18-12-13-21(29)22(30)14-18/h1-14,24,32H/b25-23-. The van der Waals surface area contributed by atoms with Crippen LogP contribution in [0.4, 0.5) is 14.5 Å². The monoisotopic (exact) mass is 519 g/mol. The Morgan fingerprint density at radius 2 is 1.56 bits per heavy atom. The van der Waals surface area contributed by atoms with Gasteiger partial charge in [-0.05, 0) is 40.6 Å². The number of carbonyl (C=O) groups is 2. The highest BCUT2D eigenvalue weighted by atomic mass is 79.9. The van der Waals surface area contributed by atoms with Crippen molar-refractivity contribution in [1.82, 2.24) is 0 Å². The van der Waals surface area contributed by atoms with Crippen molar-refractivity contribution in [3.63, 3.8) is 0 Å². The van der Waals surface area contributed by atoms with Gasteiger partial charge in [-0.1, -0.05) is 70.5 Å². The molecule has 1 saturated heterocycles. The van der Waals surface area contributed by atoms with Crippen LogP contribution in [-0.2, 0) is 9.59 Å². The zero-order chi connectivity index (χ0) is 24.0. The normalized spacial score (nSPS) is 17.5. The van der Waals surface area contributed by atoms with Gasteiger partial charge >= 0.3 is 0 Å². The second-order valence-corrected chi connectivity index (χ2v) is 8.76. The van der Waals surface area contributed by atoms with E-state index in [1.165, 1.54) is 6.07 Å².